The van der Waals surface area contributed by atoms with Crippen LogP contribution in [0.1, 0.15) is 44.2 Å². The van der Waals surface area contributed by atoms with Gasteiger partial charge in [0.25, 0.3) is 0 Å². The fourth-order valence-electron chi connectivity index (χ4n) is 2.22. The summed E-state index contributed by atoms with van der Waals surface area (Å²) >= 11 is 1.89. The lowest BCUT2D eigenvalue weighted by Crippen LogP contribution is -2.12. The number of hydrogen-bond donors (Lipinski definition) is 1. The lowest BCUT2D eigenvalue weighted by atomic mass is 9.83. The van der Waals surface area contributed by atoms with E-state index in [2.05, 4.69) is 69.4 Å². The third kappa shape index (κ3) is 3.07. The van der Waals surface area contributed by atoms with E-state index in [1.54, 1.807) is 0 Å². The lowest BCUT2D eigenvalue weighted by Gasteiger charge is -2.22. The van der Waals surface area contributed by atoms with E-state index in [0.29, 0.717) is 6.04 Å². The molecule has 102 valence electrons. The molecule has 0 bridgehead atoms. The molecule has 1 aromatic carbocycles. The van der Waals surface area contributed by atoms with Crippen LogP contribution < -0.4 is 5.32 Å². The first kappa shape index (κ1) is 14.3. The van der Waals surface area contributed by atoms with Gasteiger partial charge in [-0.25, -0.2) is 0 Å². The third-order valence-electron chi connectivity index (χ3n) is 3.49. The zero-order chi connectivity index (χ0) is 14.0. The molecule has 2 rings (SSSR count). The zero-order valence-corrected chi connectivity index (χ0v) is 13.3. The Kier molecular flexibility index (Phi) is 4.12. The summed E-state index contributed by atoms with van der Waals surface area (Å²) in [6, 6.07) is 13.6. The molecule has 0 radical (unpaired) electrons. The zero-order valence-electron chi connectivity index (χ0n) is 12.4. The molecular weight excluding hydrogens is 250 g/mol. The number of benzene rings is 1. The maximum atomic E-state index is 3.30. The van der Waals surface area contributed by atoms with Gasteiger partial charge in [-0.2, -0.15) is 0 Å². The number of rotatable bonds is 3. The van der Waals surface area contributed by atoms with E-state index < -0.39 is 0 Å². The molecule has 0 spiro atoms. The average molecular weight is 273 g/mol. The molecule has 2 heteroatoms. The Bertz CT molecular complexity index is 548. The normalized spacial score (nSPS) is 13.5. The molecule has 1 N–H and O–H groups in total. The molecule has 19 heavy (non-hydrogen) atoms. The van der Waals surface area contributed by atoms with Crippen molar-refractivity contribution in [1.82, 2.24) is 5.32 Å². The molecule has 0 saturated heterocycles. The highest BCUT2D eigenvalue weighted by Gasteiger charge is 2.19. The van der Waals surface area contributed by atoms with Crippen LogP contribution in [0.3, 0.4) is 0 Å². The molecule has 1 unspecified atom stereocenters. The quantitative estimate of drug-likeness (QED) is 0.830. The fourth-order valence-corrected chi connectivity index (χ4v) is 3.33. The molecule has 0 fully saturated rings. The molecular formula is C17H23NS. The first-order valence-electron chi connectivity index (χ1n) is 6.80. The van der Waals surface area contributed by atoms with Crippen molar-refractivity contribution in [1.29, 1.82) is 0 Å². The van der Waals surface area contributed by atoms with Crippen LogP contribution in [0.15, 0.2) is 36.4 Å². The molecule has 0 amide bonds. The summed E-state index contributed by atoms with van der Waals surface area (Å²) in [6.07, 6.45) is 0. The smallest absolute Gasteiger partial charge is 0.0383 e. The van der Waals surface area contributed by atoms with E-state index in [-0.39, 0.29) is 5.41 Å². The van der Waals surface area contributed by atoms with Crippen molar-refractivity contribution in [3.05, 3.63) is 46.8 Å². The number of hydrogen-bond acceptors (Lipinski definition) is 2. The summed E-state index contributed by atoms with van der Waals surface area (Å²) in [7, 11) is 2.01. The van der Waals surface area contributed by atoms with Gasteiger partial charge in [0, 0.05) is 15.8 Å². The highest BCUT2D eigenvalue weighted by atomic mass is 32.1. The van der Waals surface area contributed by atoms with E-state index in [4.69, 9.17) is 0 Å². The largest absolute Gasteiger partial charge is 0.313 e. The maximum absolute atomic E-state index is 3.30. The van der Waals surface area contributed by atoms with Gasteiger partial charge in [-0.1, -0.05) is 45.0 Å². The SMILES string of the molecule is CNC(C)c1ccc(-c2ccccc2C(C)(C)C)s1. The van der Waals surface area contributed by atoms with Crippen molar-refractivity contribution in [3.8, 4) is 10.4 Å². The van der Waals surface area contributed by atoms with Gasteiger partial charge in [0.2, 0.25) is 0 Å². The maximum Gasteiger partial charge on any atom is 0.0383 e. The van der Waals surface area contributed by atoms with Crippen LogP contribution in [-0.2, 0) is 5.41 Å². The first-order chi connectivity index (χ1) is 8.93. The first-order valence-corrected chi connectivity index (χ1v) is 7.62. The van der Waals surface area contributed by atoms with Gasteiger partial charge < -0.3 is 5.32 Å². The van der Waals surface area contributed by atoms with Gasteiger partial charge in [-0.15, -0.1) is 11.3 Å². The van der Waals surface area contributed by atoms with E-state index >= 15 is 0 Å². The van der Waals surface area contributed by atoms with Gasteiger partial charge in [-0.05, 0) is 42.6 Å². The predicted molar refractivity (Wildman–Crippen MR) is 85.9 cm³/mol. The molecule has 0 aliphatic rings. The van der Waals surface area contributed by atoms with Crippen molar-refractivity contribution < 1.29 is 0 Å². The minimum absolute atomic E-state index is 0.176. The average Bonchev–Trinajstić information content (AvgIpc) is 2.86. The highest BCUT2D eigenvalue weighted by molar-refractivity contribution is 7.15. The molecule has 0 saturated carbocycles. The second-order valence-electron chi connectivity index (χ2n) is 6.01. The second-order valence-corrected chi connectivity index (χ2v) is 7.12. The van der Waals surface area contributed by atoms with Crippen LogP contribution in [0, 0.1) is 0 Å². The molecule has 0 aliphatic heterocycles. The highest BCUT2D eigenvalue weighted by Crippen LogP contribution is 2.37. The van der Waals surface area contributed by atoms with Crippen molar-refractivity contribution >= 4 is 11.3 Å². The Hall–Kier alpha value is -1.12. The molecule has 2 aromatic rings. The van der Waals surface area contributed by atoms with Gasteiger partial charge >= 0.3 is 0 Å². The van der Waals surface area contributed by atoms with Crippen LogP contribution in [0.2, 0.25) is 0 Å². The Morgan fingerprint density at radius 3 is 2.37 bits per heavy atom. The summed E-state index contributed by atoms with van der Waals surface area (Å²) in [4.78, 5) is 2.75. The van der Waals surface area contributed by atoms with Crippen molar-refractivity contribution in [2.45, 2.75) is 39.2 Å². The standard InChI is InChI=1S/C17H23NS/c1-12(18-5)15-10-11-16(19-15)13-8-6-7-9-14(13)17(2,3)4/h6-12,18H,1-5H3. The van der Waals surface area contributed by atoms with E-state index in [1.807, 2.05) is 18.4 Å². The summed E-state index contributed by atoms with van der Waals surface area (Å²) < 4.78 is 0. The molecule has 1 aromatic heterocycles. The summed E-state index contributed by atoms with van der Waals surface area (Å²) in [6.45, 7) is 9.02. The molecule has 1 nitrogen and oxygen atoms in total. The van der Waals surface area contributed by atoms with Crippen molar-refractivity contribution in [3.63, 3.8) is 0 Å². The number of nitrogens with one attached hydrogen (secondary N) is 1. The Balaban J connectivity index is 2.45. The fraction of sp³-hybridized carbons (Fsp3) is 0.412. The topological polar surface area (TPSA) is 12.0 Å². The summed E-state index contributed by atoms with van der Waals surface area (Å²) in [5.74, 6) is 0. The van der Waals surface area contributed by atoms with E-state index in [1.165, 1.54) is 20.9 Å². The van der Waals surface area contributed by atoms with Gasteiger partial charge in [0.05, 0.1) is 0 Å². The summed E-state index contributed by atoms with van der Waals surface area (Å²) in [5, 5.41) is 3.30. The second kappa shape index (κ2) is 5.48. The monoisotopic (exact) mass is 273 g/mol. The van der Waals surface area contributed by atoms with Crippen LogP contribution in [0.5, 0.6) is 0 Å². The minimum Gasteiger partial charge on any atom is -0.313 e. The Labute approximate surface area is 120 Å². The van der Waals surface area contributed by atoms with Crippen molar-refractivity contribution in [2.24, 2.45) is 0 Å². The van der Waals surface area contributed by atoms with Crippen LogP contribution >= 0.6 is 11.3 Å². The van der Waals surface area contributed by atoms with Gasteiger partial charge in [-0.3, -0.25) is 0 Å². The predicted octanol–water partition coefficient (Wildman–Crippen LogP) is 4.99. The molecule has 0 aliphatic carbocycles. The van der Waals surface area contributed by atoms with E-state index in [0.717, 1.165) is 0 Å². The van der Waals surface area contributed by atoms with Crippen LogP contribution in [-0.4, -0.2) is 7.05 Å². The summed E-state index contributed by atoms with van der Waals surface area (Å²) in [5.41, 5.74) is 2.96. The van der Waals surface area contributed by atoms with Gasteiger partial charge in [0.1, 0.15) is 0 Å². The number of thiophene rings is 1. The Morgan fingerprint density at radius 1 is 1.05 bits per heavy atom. The van der Waals surface area contributed by atoms with Crippen molar-refractivity contribution in [2.75, 3.05) is 7.05 Å². The minimum atomic E-state index is 0.176. The molecule has 1 heterocycles. The third-order valence-corrected chi connectivity index (χ3v) is 4.79. The van der Waals surface area contributed by atoms with E-state index in [9.17, 15) is 0 Å². The lowest BCUT2D eigenvalue weighted by molar-refractivity contribution is 0.592. The van der Waals surface area contributed by atoms with Gasteiger partial charge in [0.15, 0.2) is 0 Å². The Morgan fingerprint density at radius 2 is 1.74 bits per heavy atom. The van der Waals surface area contributed by atoms with Crippen LogP contribution in [0.25, 0.3) is 10.4 Å². The molecule has 1 atom stereocenters. The van der Waals surface area contributed by atoms with Crippen LogP contribution in [0.4, 0.5) is 0 Å².